The highest BCUT2D eigenvalue weighted by atomic mass is 16.5. The summed E-state index contributed by atoms with van der Waals surface area (Å²) in [6.45, 7) is 1.48. The standard InChI is InChI=1S/C23H31N3O4/c1-29-19-9-10-21-16(13-19)12-17(22(27)25-21)14-26(15-20-8-5-11-30-20)23(28)24-18-6-3-2-4-7-18/h9-10,12-13,18,20H,2-8,11,14-15H2,1H3,(H,24,28)(H,25,27)/t20-/m1/s1. The van der Waals surface area contributed by atoms with Crippen LogP contribution in [0.2, 0.25) is 0 Å². The molecule has 2 amide bonds. The van der Waals surface area contributed by atoms with Crippen molar-refractivity contribution >= 4 is 16.9 Å². The van der Waals surface area contributed by atoms with Gasteiger partial charge in [0, 0.05) is 35.7 Å². The van der Waals surface area contributed by atoms with Crippen LogP contribution in [0.5, 0.6) is 5.75 Å². The van der Waals surface area contributed by atoms with Crippen LogP contribution in [0.3, 0.4) is 0 Å². The summed E-state index contributed by atoms with van der Waals surface area (Å²) in [5.74, 6) is 0.728. The number of hydrogen-bond donors (Lipinski definition) is 2. The Bertz CT molecular complexity index is 930. The molecule has 1 atom stereocenters. The number of benzene rings is 1. The van der Waals surface area contributed by atoms with Crippen LogP contribution >= 0.6 is 0 Å². The number of methoxy groups -OCH3 is 1. The number of hydrogen-bond acceptors (Lipinski definition) is 4. The summed E-state index contributed by atoms with van der Waals surface area (Å²) in [7, 11) is 1.62. The molecule has 2 N–H and O–H groups in total. The van der Waals surface area contributed by atoms with Crippen molar-refractivity contribution in [1.82, 2.24) is 15.2 Å². The van der Waals surface area contributed by atoms with Crippen molar-refractivity contribution in [1.29, 1.82) is 0 Å². The summed E-state index contributed by atoms with van der Waals surface area (Å²) in [5, 5.41) is 4.07. The van der Waals surface area contributed by atoms with E-state index in [-0.39, 0.29) is 30.3 Å². The van der Waals surface area contributed by atoms with E-state index in [0.717, 1.165) is 61.8 Å². The van der Waals surface area contributed by atoms with Crippen molar-refractivity contribution in [2.45, 2.75) is 63.6 Å². The van der Waals surface area contributed by atoms with Crippen LogP contribution in [-0.2, 0) is 11.3 Å². The average molecular weight is 414 g/mol. The molecule has 7 heteroatoms. The molecule has 1 saturated heterocycles. The molecule has 162 valence electrons. The van der Waals surface area contributed by atoms with Crippen molar-refractivity contribution in [2.75, 3.05) is 20.3 Å². The van der Waals surface area contributed by atoms with Gasteiger partial charge in [-0.25, -0.2) is 4.79 Å². The number of amides is 2. The van der Waals surface area contributed by atoms with Gasteiger partial charge in [-0.05, 0) is 49.9 Å². The van der Waals surface area contributed by atoms with Gasteiger partial charge in [-0.2, -0.15) is 0 Å². The zero-order chi connectivity index (χ0) is 20.9. The second-order valence-electron chi connectivity index (χ2n) is 8.38. The van der Waals surface area contributed by atoms with Crippen molar-refractivity contribution in [3.8, 4) is 5.75 Å². The maximum absolute atomic E-state index is 13.1. The number of nitrogens with one attached hydrogen (secondary N) is 2. The molecule has 1 aliphatic heterocycles. The molecule has 0 bridgehead atoms. The molecule has 2 heterocycles. The molecule has 7 nitrogen and oxygen atoms in total. The molecule has 1 aromatic carbocycles. The van der Waals surface area contributed by atoms with Crippen LogP contribution in [0.25, 0.3) is 10.9 Å². The first-order chi connectivity index (χ1) is 14.6. The van der Waals surface area contributed by atoms with E-state index in [1.807, 2.05) is 24.3 Å². The number of carbonyl (C=O) groups is 1. The minimum Gasteiger partial charge on any atom is -0.497 e. The Balaban J connectivity index is 1.55. The molecular formula is C23H31N3O4. The van der Waals surface area contributed by atoms with Gasteiger partial charge in [0.25, 0.3) is 5.56 Å². The van der Waals surface area contributed by atoms with Gasteiger partial charge in [-0.1, -0.05) is 19.3 Å². The van der Waals surface area contributed by atoms with Crippen LogP contribution in [-0.4, -0.2) is 48.3 Å². The third kappa shape index (κ3) is 4.95. The lowest BCUT2D eigenvalue weighted by molar-refractivity contribution is 0.0784. The van der Waals surface area contributed by atoms with E-state index in [4.69, 9.17) is 9.47 Å². The van der Waals surface area contributed by atoms with Gasteiger partial charge in [0.05, 0.1) is 19.8 Å². The lowest BCUT2D eigenvalue weighted by Crippen LogP contribution is -2.48. The quantitative estimate of drug-likeness (QED) is 0.758. The Morgan fingerprint density at radius 2 is 2.03 bits per heavy atom. The fraction of sp³-hybridized carbons (Fsp3) is 0.565. The third-order valence-electron chi connectivity index (χ3n) is 6.16. The van der Waals surface area contributed by atoms with Crippen molar-refractivity contribution in [2.24, 2.45) is 0 Å². The number of nitrogens with zero attached hydrogens (tertiary/aromatic N) is 1. The number of aromatic amines is 1. The van der Waals surface area contributed by atoms with E-state index in [1.165, 1.54) is 6.42 Å². The first kappa shape index (κ1) is 20.7. The van der Waals surface area contributed by atoms with E-state index in [2.05, 4.69) is 10.3 Å². The smallest absolute Gasteiger partial charge is 0.318 e. The number of urea groups is 1. The van der Waals surface area contributed by atoms with Crippen molar-refractivity contribution < 1.29 is 14.3 Å². The second-order valence-corrected chi connectivity index (χ2v) is 8.38. The number of rotatable bonds is 6. The summed E-state index contributed by atoms with van der Waals surface area (Å²) in [5.41, 5.74) is 1.14. The van der Waals surface area contributed by atoms with E-state index in [9.17, 15) is 9.59 Å². The molecule has 2 fully saturated rings. The van der Waals surface area contributed by atoms with Gasteiger partial charge >= 0.3 is 6.03 Å². The molecule has 30 heavy (non-hydrogen) atoms. The lowest BCUT2D eigenvalue weighted by Gasteiger charge is -2.29. The van der Waals surface area contributed by atoms with Crippen molar-refractivity contribution in [3.05, 3.63) is 40.2 Å². The van der Waals surface area contributed by atoms with Crippen LogP contribution in [0.4, 0.5) is 4.79 Å². The van der Waals surface area contributed by atoms with Gasteiger partial charge in [0.1, 0.15) is 5.75 Å². The molecule has 2 aliphatic rings. The van der Waals surface area contributed by atoms with Gasteiger partial charge in [-0.15, -0.1) is 0 Å². The van der Waals surface area contributed by atoms with Crippen molar-refractivity contribution in [3.63, 3.8) is 0 Å². The number of H-pyrrole nitrogens is 1. The normalized spacial score (nSPS) is 19.7. The SMILES string of the molecule is COc1ccc2[nH]c(=O)c(CN(C[C@H]3CCCO3)C(=O)NC3CCCCC3)cc2c1. The Kier molecular flexibility index (Phi) is 6.57. The van der Waals surface area contributed by atoms with E-state index in [1.54, 1.807) is 12.0 Å². The third-order valence-corrected chi connectivity index (χ3v) is 6.16. The number of pyridine rings is 1. The molecule has 1 aromatic heterocycles. The number of carbonyl (C=O) groups excluding carboxylic acids is 1. The highest BCUT2D eigenvalue weighted by Crippen LogP contribution is 2.21. The molecule has 0 spiro atoms. The highest BCUT2D eigenvalue weighted by Gasteiger charge is 2.25. The number of fused-ring (bicyclic) bond motifs is 1. The average Bonchev–Trinajstić information content (AvgIpc) is 3.27. The Morgan fingerprint density at radius 1 is 1.20 bits per heavy atom. The maximum atomic E-state index is 13.1. The maximum Gasteiger partial charge on any atom is 0.318 e. The Morgan fingerprint density at radius 3 is 2.77 bits per heavy atom. The largest absolute Gasteiger partial charge is 0.497 e. The van der Waals surface area contributed by atoms with Crippen LogP contribution < -0.4 is 15.6 Å². The van der Waals surface area contributed by atoms with Gasteiger partial charge in [0.2, 0.25) is 0 Å². The van der Waals surface area contributed by atoms with Gasteiger partial charge in [-0.3, -0.25) is 4.79 Å². The molecule has 4 rings (SSSR count). The fourth-order valence-electron chi connectivity index (χ4n) is 4.45. The summed E-state index contributed by atoms with van der Waals surface area (Å²) in [6.07, 6.45) is 7.58. The second kappa shape index (κ2) is 9.51. The summed E-state index contributed by atoms with van der Waals surface area (Å²) >= 11 is 0. The molecular weight excluding hydrogens is 382 g/mol. The summed E-state index contributed by atoms with van der Waals surface area (Å²) in [6, 6.07) is 7.51. The van der Waals surface area contributed by atoms with Gasteiger partial charge in [0.15, 0.2) is 0 Å². The molecule has 0 radical (unpaired) electrons. The predicted molar refractivity (Wildman–Crippen MR) is 116 cm³/mol. The zero-order valence-corrected chi connectivity index (χ0v) is 17.6. The molecule has 1 saturated carbocycles. The topological polar surface area (TPSA) is 83.7 Å². The monoisotopic (exact) mass is 413 g/mol. The lowest BCUT2D eigenvalue weighted by atomic mass is 9.96. The predicted octanol–water partition coefficient (Wildman–Crippen LogP) is 3.56. The first-order valence-electron chi connectivity index (χ1n) is 11.0. The summed E-state index contributed by atoms with van der Waals surface area (Å²) < 4.78 is 11.1. The van der Waals surface area contributed by atoms with Gasteiger partial charge < -0.3 is 24.7 Å². The van der Waals surface area contributed by atoms with E-state index >= 15 is 0 Å². The van der Waals surface area contributed by atoms with E-state index < -0.39 is 0 Å². The highest BCUT2D eigenvalue weighted by molar-refractivity contribution is 5.81. The van der Waals surface area contributed by atoms with Crippen LogP contribution in [0.1, 0.15) is 50.5 Å². The van der Waals surface area contributed by atoms with Crippen LogP contribution in [0, 0.1) is 0 Å². The fourth-order valence-corrected chi connectivity index (χ4v) is 4.45. The van der Waals surface area contributed by atoms with E-state index in [0.29, 0.717) is 12.1 Å². The minimum absolute atomic E-state index is 0.0294. The molecule has 0 unspecified atom stereocenters. The Hall–Kier alpha value is -2.54. The minimum atomic E-state index is -0.171. The number of aromatic nitrogens is 1. The Labute approximate surface area is 176 Å². The van der Waals surface area contributed by atoms with Crippen LogP contribution in [0.15, 0.2) is 29.1 Å². The first-order valence-corrected chi connectivity index (χ1v) is 11.0. The zero-order valence-electron chi connectivity index (χ0n) is 17.6. The summed E-state index contributed by atoms with van der Waals surface area (Å²) in [4.78, 5) is 30.5. The molecule has 2 aromatic rings. The number of ether oxygens (including phenoxy) is 2. The molecule has 1 aliphatic carbocycles.